The Morgan fingerprint density at radius 1 is 0.879 bits per heavy atom. The zero-order valence-corrected chi connectivity index (χ0v) is 18.8. The molecule has 3 rings (SSSR count). The van der Waals surface area contributed by atoms with E-state index in [1.165, 1.54) is 17.6 Å². The normalized spacial score (nSPS) is 10.4. The third kappa shape index (κ3) is 6.39. The lowest BCUT2D eigenvalue weighted by Gasteiger charge is -2.13. The number of aryl methyl sites for hydroxylation is 2. The van der Waals surface area contributed by atoms with Gasteiger partial charge in [-0.3, -0.25) is 19.2 Å². The van der Waals surface area contributed by atoms with Crippen molar-refractivity contribution in [2.24, 2.45) is 0 Å². The number of anilines is 3. The van der Waals surface area contributed by atoms with E-state index in [9.17, 15) is 19.2 Å². The van der Waals surface area contributed by atoms with Crippen LogP contribution in [0.5, 0.6) is 0 Å². The zero-order chi connectivity index (χ0) is 24.0. The van der Waals surface area contributed by atoms with Crippen LogP contribution in [0.2, 0.25) is 0 Å². The summed E-state index contributed by atoms with van der Waals surface area (Å²) in [6.07, 6.45) is 2.34. The molecule has 0 radical (unpaired) electrons. The van der Waals surface area contributed by atoms with Crippen LogP contribution in [0.25, 0.3) is 0 Å². The third-order valence-electron chi connectivity index (χ3n) is 4.94. The number of aromatic nitrogens is 1. The fourth-order valence-electron chi connectivity index (χ4n) is 3.31. The van der Waals surface area contributed by atoms with Gasteiger partial charge in [-0.05, 0) is 60.9 Å². The Bertz CT molecular complexity index is 1250. The van der Waals surface area contributed by atoms with Gasteiger partial charge in [0.15, 0.2) is 0 Å². The minimum atomic E-state index is -0.345. The molecular formula is C25H26N4O4. The molecule has 0 unspecified atom stereocenters. The lowest BCUT2D eigenvalue weighted by atomic mass is 10.1. The number of hydrogen-bond donors (Lipinski definition) is 3. The third-order valence-corrected chi connectivity index (χ3v) is 4.94. The first-order chi connectivity index (χ1) is 15.7. The summed E-state index contributed by atoms with van der Waals surface area (Å²) >= 11 is 0. The fraction of sp³-hybridized carbons (Fsp3) is 0.200. The highest BCUT2D eigenvalue weighted by molar-refractivity contribution is 6.05. The van der Waals surface area contributed by atoms with Gasteiger partial charge in [0.2, 0.25) is 11.8 Å². The summed E-state index contributed by atoms with van der Waals surface area (Å²) in [5, 5.41) is 8.31. The molecule has 1 aromatic heterocycles. The van der Waals surface area contributed by atoms with Crippen LogP contribution in [-0.4, -0.2) is 22.3 Å². The van der Waals surface area contributed by atoms with E-state index < -0.39 is 0 Å². The molecule has 0 aliphatic heterocycles. The maximum atomic E-state index is 12.7. The molecule has 0 saturated heterocycles. The Hall–Kier alpha value is -4.20. The van der Waals surface area contributed by atoms with Gasteiger partial charge >= 0.3 is 0 Å². The van der Waals surface area contributed by atoms with E-state index in [1.807, 2.05) is 19.9 Å². The molecule has 3 N–H and O–H groups in total. The summed E-state index contributed by atoms with van der Waals surface area (Å²) in [6, 6.07) is 14.9. The quantitative estimate of drug-likeness (QED) is 0.515. The van der Waals surface area contributed by atoms with E-state index in [-0.39, 0.29) is 29.8 Å². The lowest BCUT2D eigenvalue weighted by Crippen LogP contribution is -2.26. The Kier molecular flexibility index (Phi) is 7.40. The van der Waals surface area contributed by atoms with Gasteiger partial charge in [-0.1, -0.05) is 19.1 Å². The summed E-state index contributed by atoms with van der Waals surface area (Å²) in [7, 11) is 0. The SMILES string of the molecule is CCc1ccc(NC(C)=O)cc1NC(=O)c1ccc(NC(=O)Cn2cc(C)ccc2=O)cc1. The maximum Gasteiger partial charge on any atom is 0.255 e. The second-order valence-corrected chi connectivity index (χ2v) is 7.66. The van der Waals surface area contributed by atoms with Crippen LogP contribution in [0.3, 0.4) is 0 Å². The van der Waals surface area contributed by atoms with Gasteiger partial charge in [-0.15, -0.1) is 0 Å². The Balaban J connectivity index is 1.67. The van der Waals surface area contributed by atoms with Crippen molar-refractivity contribution in [3.05, 3.63) is 87.8 Å². The zero-order valence-electron chi connectivity index (χ0n) is 18.8. The molecule has 8 nitrogen and oxygen atoms in total. The molecule has 1 heterocycles. The highest BCUT2D eigenvalue weighted by atomic mass is 16.2. The predicted octanol–water partition coefficient (Wildman–Crippen LogP) is 3.57. The van der Waals surface area contributed by atoms with Crippen LogP contribution in [0.15, 0.2) is 65.6 Å². The molecule has 2 aromatic carbocycles. The number of benzene rings is 2. The number of rotatable bonds is 7. The van der Waals surface area contributed by atoms with Crippen LogP contribution >= 0.6 is 0 Å². The highest BCUT2D eigenvalue weighted by Crippen LogP contribution is 2.23. The van der Waals surface area contributed by atoms with Crippen molar-refractivity contribution in [2.75, 3.05) is 16.0 Å². The van der Waals surface area contributed by atoms with E-state index >= 15 is 0 Å². The second-order valence-electron chi connectivity index (χ2n) is 7.66. The first kappa shape index (κ1) is 23.5. The molecule has 3 amide bonds. The minimum Gasteiger partial charge on any atom is -0.326 e. The van der Waals surface area contributed by atoms with Gasteiger partial charge in [-0.25, -0.2) is 0 Å². The molecule has 8 heteroatoms. The van der Waals surface area contributed by atoms with Gasteiger partial charge in [0, 0.05) is 41.8 Å². The molecule has 0 saturated carbocycles. The number of amides is 3. The number of pyridine rings is 1. The van der Waals surface area contributed by atoms with Gasteiger partial charge in [0.05, 0.1) is 0 Å². The number of hydrogen-bond acceptors (Lipinski definition) is 4. The Labute approximate surface area is 191 Å². The molecule has 0 aliphatic rings. The van der Waals surface area contributed by atoms with Crippen molar-refractivity contribution < 1.29 is 14.4 Å². The van der Waals surface area contributed by atoms with Crippen LogP contribution in [0.4, 0.5) is 17.1 Å². The van der Waals surface area contributed by atoms with Gasteiger partial charge in [0.1, 0.15) is 6.54 Å². The van der Waals surface area contributed by atoms with Crippen molar-refractivity contribution >= 4 is 34.8 Å². The highest BCUT2D eigenvalue weighted by Gasteiger charge is 2.11. The maximum absolute atomic E-state index is 12.7. The Morgan fingerprint density at radius 2 is 1.58 bits per heavy atom. The van der Waals surface area contributed by atoms with Gasteiger partial charge in [0.25, 0.3) is 11.5 Å². The predicted molar refractivity (Wildman–Crippen MR) is 129 cm³/mol. The van der Waals surface area contributed by atoms with Gasteiger partial charge < -0.3 is 20.5 Å². The van der Waals surface area contributed by atoms with Crippen LogP contribution in [0, 0.1) is 6.92 Å². The van der Waals surface area contributed by atoms with E-state index in [1.54, 1.807) is 48.7 Å². The van der Waals surface area contributed by atoms with E-state index in [0.717, 1.165) is 11.1 Å². The number of carbonyl (C=O) groups is 3. The molecular weight excluding hydrogens is 420 g/mol. The summed E-state index contributed by atoms with van der Waals surface area (Å²) < 4.78 is 1.34. The van der Waals surface area contributed by atoms with E-state index in [0.29, 0.717) is 29.0 Å². The minimum absolute atomic E-state index is 0.104. The van der Waals surface area contributed by atoms with Crippen molar-refractivity contribution in [2.45, 2.75) is 33.7 Å². The summed E-state index contributed by atoms with van der Waals surface area (Å²) in [4.78, 5) is 48.2. The summed E-state index contributed by atoms with van der Waals surface area (Å²) in [5.41, 5.74) is 3.71. The van der Waals surface area contributed by atoms with Crippen molar-refractivity contribution in [1.29, 1.82) is 0 Å². The monoisotopic (exact) mass is 446 g/mol. The standard InChI is InChI=1S/C25H26N4O4/c1-4-18-6-11-21(26-17(3)30)13-22(18)28-25(33)19-7-9-20(10-8-19)27-23(31)15-29-14-16(2)5-12-24(29)32/h5-14H,4,15H2,1-3H3,(H,26,30)(H,27,31)(H,28,33). The summed E-state index contributed by atoms with van der Waals surface area (Å²) in [5.74, 6) is -0.849. The molecule has 0 fully saturated rings. The average molecular weight is 447 g/mol. The first-order valence-electron chi connectivity index (χ1n) is 10.5. The number of carbonyl (C=O) groups excluding carboxylic acids is 3. The van der Waals surface area contributed by atoms with Crippen LogP contribution in [0.1, 0.15) is 35.3 Å². The molecule has 170 valence electrons. The van der Waals surface area contributed by atoms with Crippen molar-refractivity contribution in [1.82, 2.24) is 4.57 Å². The molecule has 0 atom stereocenters. The Morgan fingerprint density at radius 3 is 2.24 bits per heavy atom. The van der Waals surface area contributed by atoms with E-state index in [2.05, 4.69) is 16.0 Å². The smallest absolute Gasteiger partial charge is 0.255 e. The topological polar surface area (TPSA) is 109 Å². The largest absolute Gasteiger partial charge is 0.326 e. The van der Waals surface area contributed by atoms with Crippen molar-refractivity contribution in [3.63, 3.8) is 0 Å². The number of nitrogens with zero attached hydrogens (tertiary/aromatic N) is 1. The molecule has 3 aromatic rings. The molecule has 0 spiro atoms. The van der Waals surface area contributed by atoms with Gasteiger partial charge in [-0.2, -0.15) is 0 Å². The fourth-order valence-corrected chi connectivity index (χ4v) is 3.31. The van der Waals surface area contributed by atoms with Crippen LogP contribution < -0.4 is 21.5 Å². The summed E-state index contributed by atoms with van der Waals surface area (Å²) in [6.45, 7) is 5.14. The molecule has 0 aliphatic carbocycles. The number of nitrogens with one attached hydrogen (secondary N) is 3. The average Bonchev–Trinajstić information content (AvgIpc) is 2.76. The first-order valence-corrected chi connectivity index (χ1v) is 10.5. The lowest BCUT2D eigenvalue weighted by molar-refractivity contribution is -0.117. The van der Waals surface area contributed by atoms with E-state index in [4.69, 9.17) is 0 Å². The second kappa shape index (κ2) is 10.4. The molecule has 0 bridgehead atoms. The molecule has 33 heavy (non-hydrogen) atoms. The van der Waals surface area contributed by atoms with Crippen molar-refractivity contribution in [3.8, 4) is 0 Å². The van der Waals surface area contributed by atoms with Crippen LogP contribution in [-0.2, 0) is 22.6 Å².